The average Bonchev–Trinajstić information content (AvgIpc) is 2.84. The highest BCUT2D eigenvalue weighted by atomic mass is 35.5. The fourth-order valence-electron chi connectivity index (χ4n) is 3.82. The number of rotatable bonds is 4. The van der Waals surface area contributed by atoms with Crippen molar-refractivity contribution in [2.24, 2.45) is 0 Å². The Morgan fingerprint density at radius 1 is 0.912 bits per heavy atom. The molecule has 0 bridgehead atoms. The van der Waals surface area contributed by atoms with Gasteiger partial charge in [0.05, 0.1) is 10.6 Å². The fourth-order valence-corrected chi connectivity index (χ4v) is 4.36. The maximum atomic E-state index is 12.6. The van der Waals surface area contributed by atoms with Crippen molar-refractivity contribution in [3.05, 3.63) is 94.5 Å². The molecule has 1 aliphatic rings. The smallest absolute Gasteiger partial charge is 0.258 e. The molecule has 1 aliphatic heterocycles. The number of amides is 2. The van der Waals surface area contributed by atoms with Crippen LogP contribution in [0.15, 0.2) is 72.8 Å². The lowest BCUT2D eigenvalue weighted by Crippen LogP contribution is -2.48. The van der Waals surface area contributed by atoms with Crippen LogP contribution in [0.2, 0.25) is 5.02 Å². The summed E-state index contributed by atoms with van der Waals surface area (Å²) in [6.07, 6.45) is 0. The van der Waals surface area contributed by atoms with Crippen molar-refractivity contribution < 1.29 is 9.59 Å². The van der Waals surface area contributed by atoms with Gasteiger partial charge in [0.25, 0.3) is 11.8 Å². The van der Waals surface area contributed by atoms with Crippen LogP contribution in [0, 0.1) is 6.92 Å². The molecule has 0 atom stereocenters. The zero-order chi connectivity index (χ0) is 24.1. The van der Waals surface area contributed by atoms with Crippen LogP contribution in [0.5, 0.6) is 0 Å². The standard InChI is InChI=1S/C26H25ClN4O2S/c1-18-7-12-22(23(27)17-18)24(32)29-26(34)28-20-8-10-21(11-9-20)30-13-15-31(16-14-30)25(33)19-5-3-2-4-6-19/h2-12,17H,13-16H2,1H3,(H2,28,29,32,34). The Hall–Kier alpha value is -3.42. The molecule has 0 radical (unpaired) electrons. The fraction of sp³-hybridized carbons (Fsp3) is 0.192. The topological polar surface area (TPSA) is 64.7 Å². The van der Waals surface area contributed by atoms with Crippen LogP contribution >= 0.6 is 23.8 Å². The molecule has 1 fully saturated rings. The SMILES string of the molecule is Cc1ccc(C(=O)NC(=S)Nc2ccc(N3CCN(C(=O)c4ccccc4)CC3)cc2)c(Cl)c1. The van der Waals surface area contributed by atoms with Crippen LogP contribution in [-0.2, 0) is 0 Å². The summed E-state index contributed by atoms with van der Waals surface area (Å²) in [5.74, 6) is -0.288. The molecule has 1 saturated heterocycles. The van der Waals surface area contributed by atoms with E-state index in [0.29, 0.717) is 23.7 Å². The first-order chi connectivity index (χ1) is 16.4. The van der Waals surface area contributed by atoms with Gasteiger partial charge in [0.2, 0.25) is 0 Å². The molecule has 4 rings (SSSR count). The van der Waals surface area contributed by atoms with Crippen LogP contribution in [-0.4, -0.2) is 48.0 Å². The van der Waals surface area contributed by atoms with Gasteiger partial charge in [-0.1, -0.05) is 35.9 Å². The number of carbonyl (C=O) groups is 2. The number of benzene rings is 3. The molecular weight excluding hydrogens is 468 g/mol. The third-order valence-corrected chi connectivity index (χ3v) is 6.19. The lowest BCUT2D eigenvalue weighted by atomic mass is 10.1. The summed E-state index contributed by atoms with van der Waals surface area (Å²) >= 11 is 11.4. The Bertz CT molecular complexity index is 1190. The van der Waals surface area contributed by atoms with Gasteiger partial charge >= 0.3 is 0 Å². The molecular formula is C26H25ClN4O2S. The van der Waals surface area contributed by atoms with E-state index < -0.39 is 0 Å². The molecule has 0 aliphatic carbocycles. The minimum Gasteiger partial charge on any atom is -0.368 e. The Labute approximate surface area is 209 Å². The van der Waals surface area contributed by atoms with E-state index >= 15 is 0 Å². The molecule has 0 saturated carbocycles. The van der Waals surface area contributed by atoms with E-state index in [2.05, 4.69) is 15.5 Å². The molecule has 8 heteroatoms. The Morgan fingerprint density at radius 2 is 1.59 bits per heavy atom. The molecule has 3 aromatic rings. The number of hydrogen-bond acceptors (Lipinski definition) is 4. The van der Waals surface area contributed by atoms with Crippen molar-refractivity contribution in [1.29, 1.82) is 0 Å². The molecule has 174 valence electrons. The third kappa shape index (κ3) is 5.73. The largest absolute Gasteiger partial charge is 0.368 e. The lowest BCUT2D eigenvalue weighted by Gasteiger charge is -2.36. The third-order valence-electron chi connectivity index (χ3n) is 5.67. The van der Waals surface area contributed by atoms with E-state index in [1.807, 2.05) is 72.5 Å². The second-order valence-corrected chi connectivity index (χ2v) is 8.90. The number of hydrogen-bond donors (Lipinski definition) is 2. The van der Waals surface area contributed by atoms with Crippen LogP contribution in [0.3, 0.4) is 0 Å². The quantitative estimate of drug-likeness (QED) is 0.515. The summed E-state index contributed by atoms with van der Waals surface area (Å²) in [6.45, 7) is 4.78. The van der Waals surface area contributed by atoms with Gasteiger partial charge in [-0.3, -0.25) is 14.9 Å². The summed E-state index contributed by atoms with van der Waals surface area (Å²) in [4.78, 5) is 29.2. The van der Waals surface area contributed by atoms with Crippen molar-refractivity contribution in [3.63, 3.8) is 0 Å². The lowest BCUT2D eigenvalue weighted by molar-refractivity contribution is 0.0746. The van der Waals surface area contributed by atoms with Crippen LogP contribution in [0.25, 0.3) is 0 Å². The van der Waals surface area contributed by atoms with Gasteiger partial charge in [0.1, 0.15) is 0 Å². The maximum absolute atomic E-state index is 12.6. The number of piperazine rings is 1. The van der Waals surface area contributed by atoms with Gasteiger partial charge in [-0.05, 0) is 73.2 Å². The van der Waals surface area contributed by atoms with E-state index in [9.17, 15) is 9.59 Å². The minimum absolute atomic E-state index is 0.0716. The van der Waals surface area contributed by atoms with Crippen LogP contribution in [0.1, 0.15) is 26.3 Å². The molecule has 1 heterocycles. The second kappa shape index (κ2) is 10.7. The van der Waals surface area contributed by atoms with Gasteiger partial charge in [-0.25, -0.2) is 0 Å². The molecule has 6 nitrogen and oxygen atoms in total. The van der Waals surface area contributed by atoms with Gasteiger partial charge in [-0.2, -0.15) is 0 Å². The van der Waals surface area contributed by atoms with Gasteiger partial charge in [-0.15, -0.1) is 0 Å². The number of carbonyl (C=O) groups excluding carboxylic acids is 2. The first kappa shape index (κ1) is 23.7. The van der Waals surface area contributed by atoms with E-state index in [-0.39, 0.29) is 16.9 Å². The summed E-state index contributed by atoms with van der Waals surface area (Å²) in [5, 5.41) is 6.27. The van der Waals surface area contributed by atoms with Gasteiger partial charge in [0, 0.05) is 43.1 Å². The van der Waals surface area contributed by atoms with E-state index in [4.69, 9.17) is 23.8 Å². The van der Waals surface area contributed by atoms with E-state index in [1.165, 1.54) is 0 Å². The summed E-state index contributed by atoms with van der Waals surface area (Å²) in [6, 6.07) is 22.4. The van der Waals surface area contributed by atoms with Crippen molar-refractivity contribution in [2.75, 3.05) is 36.4 Å². The summed E-state index contributed by atoms with van der Waals surface area (Å²) in [5.41, 5.74) is 3.91. The molecule has 0 aromatic heterocycles. The summed E-state index contributed by atoms with van der Waals surface area (Å²) < 4.78 is 0. The maximum Gasteiger partial charge on any atom is 0.258 e. The number of aryl methyl sites for hydroxylation is 1. The molecule has 2 amide bonds. The number of thiocarbonyl (C=S) groups is 1. The monoisotopic (exact) mass is 492 g/mol. The highest BCUT2D eigenvalue weighted by molar-refractivity contribution is 7.80. The Balaban J connectivity index is 1.29. The molecule has 3 aromatic carbocycles. The molecule has 0 unspecified atom stereocenters. The number of nitrogens with one attached hydrogen (secondary N) is 2. The molecule has 0 spiro atoms. The predicted octanol–water partition coefficient (Wildman–Crippen LogP) is 4.74. The minimum atomic E-state index is -0.359. The zero-order valence-electron chi connectivity index (χ0n) is 18.8. The van der Waals surface area contributed by atoms with Crippen molar-refractivity contribution >= 4 is 52.1 Å². The Kier molecular flexibility index (Phi) is 7.45. The predicted molar refractivity (Wildman–Crippen MR) is 141 cm³/mol. The number of anilines is 2. The normalized spacial score (nSPS) is 13.4. The first-order valence-corrected chi connectivity index (χ1v) is 11.8. The van der Waals surface area contributed by atoms with Crippen molar-refractivity contribution in [1.82, 2.24) is 10.2 Å². The van der Waals surface area contributed by atoms with E-state index in [0.717, 1.165) is 35.6 Å². The van der Waals surface area contributed by atoms with Gasteiger partial charge < -0.3 is 15.1 Å². The van der Waals surface area contributed by atoms with Gasteiger partial charge in [0.15, 0.2) is 5.11 Å². The average molecular weight is 493 g/mol. The highest BCUT2D eigenvalue weighted by Gasteiger charge is 2.22. The number of halogens is 1. The summed E-state index contributed by atoms with van der Waals surface area (Å²) in [7, 11) is 0. The van der Waals surface area contributed by atoms with Crippen LogP contribution in [0.4, 0.5) is 11.4 Å². The Morgan fingerprint density at radius 3 is 2.24 bits per heavy atom. The van der Waals surface area contributed by atoms with Crippen LogP contribution < -0.4 is 15.5 Å². The first-order valence-electron chi connectivity index (χ1n) is 11.0. The van der Waals surface area contributed by atoms with E-state index in [1.54, 1.807) is 12.1 Å². The number of nitrogens with zero attached hydrogens (tertiary/aromatic N) is 2. The molecule has 34 heavy (non-hydrogen) atoms. The zero-order valence-corrected chi connectivity index (χ0v) is 20.3. The van der Waals surface area contributed by atoms with Crippen molar-refractivity contribution in [3.8, 4) is 0 Å². The van der Waals surface area contributed by atoms with Crippen molar-refractivity contribution in [2.45, 2.75) is 6.92 Å². The second-order valence-electron chi connectivity index (χ2n) is 8.08. The molecule has 2 N–H and O–H groups in total. The highest BCUT2D eigenvalue weighted by Crippen LogP contribution is 2.21.